The van der Waals surface area contributed by atoms with Crippen molar-refractivity contribution < 1.29 is 0 Å². The van der Waals surface area contributed by atoms with Crippen LogP contribution in [0.2, 0.25) is 0 Å². The van der Waals surface area contributed by atoms with Gasteiger partial charge in [-0.05, 0) is 17.7 Å². The Balaban J connectivity index is 2.11. The quantitative estimate of drug-likeness (QED) is 0.832. The van der Waals surface area contributed by atoms with E-state index in [1.807, 2.05) is 14.1 Å². The molecule has 0 atom stereocenters. The Morgan fingerprint density at radius 3 is 2.44 bits per heavy atom. The van der Waals surface area contributed by atoms with Gasteiger partial charge in [-0.25, -0.2) is 9.67 Å². The van der Waals surface area contributed by atoms with Gasteiger partial charge in [-0.3, -0.25) is 0 Å². The molecule has 0 amide bonds. The molecule has 0 aliphatic rings. The van der Waals surface area contributed by atoms with E-state index in [1.54, 1.807) is 11.0 Å². The first-order valence-electron chi connectivity index (χ1n) is 5.06. The van der Waals surface area contributed by atoms with Crippen molar-refractivity contribution in [1.29, 1.82) is 0 Å². The van der Waals surface area contributed by atoms with E-state index in [2.05, 4.69) is 39.2 Å². The Morgan fingerprint density at radius 1 is 1.25 bits per heavy atom. The van der Waals surface area contributed by atoms with Gasteiger partial charge in [-0.15, -0.1) is 5.10 Å². The molecule has 0 radical (unpaired) electrons. The molecule has 0 bridgehead atoms. The van der Waals surface area contributed by atoms with Crippen molar-refractivity contribution in [3.63, 3.8) is 0 Å². The Hall–Kier alpha value is -2.04. The Labute approximate surface area is 94.5 Å². The largest absolute Gasteiger partial charge is 0.378 e. The van der Waals surface area contributed by atoms with Gasteiger partial charge in [0.05, 0.1) is 6.54 Å². The summed E-state index contributed by atoms with van der Waals surface area (Å²) in [6.45, 7) is 0.692. The third-order valence-corrected chi connectivity index (χ3v) is 2.35. The fourth-order valence-electron chi connectivity index (χ4n) is 1.47. The molecule has 84 valence electrons. The minimum Gasteiger partial charge on any atom is -0.378 e. The zero-order valence-corrected chi connectivity index (χ0v) is 9.46. The van der Waals surface area contributed by atoms with Crippen molar-refractivity contribution in [2.75, 3.05) is 24.7 Å². The number of nitrogen functional groups attached to an aromatic ring is 1. The summed E-state index contributed by atoms with van der Waals surface area (Å²) in [5.41, 5.74) is 7.81. The summed E-state index contributed by atoms with van der Waals surface area (Å²) in [4.78, 5) is 5.95. The molecule has 16 heavy (non-hydrogen) atoms. The highest BCUT2D eigenvalue weighted by Gasteiger charge is 1.99. The summed E-state index contributed by atoms with van der Waals surface area (Å²) in [5.74, 6) is 0.310. The van der Waals surface area contributed by atoms with Gasteiger partial charge >= 0.3 is 0 Å². The third kappa shape index (κ3) is 2.31. The second-order valence-corrected chi connectivity index (χ2v) is 3.86. The molecule has 2 rings (SSSR count). The van der Waals surface area contributed by atoms with Crippen LogP contribution in [0, 0.1) is 0 Å². The lowest BCUT2D eigenvalue weighted by molar-refractivity contribution is 0.687. The molecule has 2 aromatic rings. The van der Waals surface area contributed by atoms with Gasteiger partial charge in [0.2, 0.25) is 5.95 Å². The lowest BCUT2D eigenvalue weighted by Gasteiger charge is -2.12. The van der Waals surface area contributed by atoms with Gasteiger partial charge in [0.15, 0.2) is 0 Å². The molecule has 0 saturated carbocycles. The third-order valence-electron chi connectivity index (χ3n) is 2.35. The van der Waals surface area contributed by atoms with Crippen LogP contribution in [0.15, 0.2) is 30.6 Å². The highest BCUT2D eigenvalue weighted by molar-refractivity contribution is 5.45. The molecule has 0 aliphatic heterocycles. The highest BCUT2D eigenvalue weighted by atomic mass is 15.4. The molecule has 5 heteroatoms. The first kappa shape index (κ1) is 10.5. The smallest absolute Gasteiger partial charge is 0.239 e. The van der Waals surface area contributed by atoms with Gasteiger partial charge in [0.1, 0.15) is 6.33 Å². The number of aromatic nitrogens is 3. The predicted molar refractivity (Wildman–Crippen MR) is 64.3 cm³/mol. The van der Waals surface area contributed by atoms with Gasteiger partial charge in [0, 0.05) is 19.8 Å². The van der Waals surface area contributed by atoms with Crippen molar-refractivity contribution in [2.45, 2.75) is 6.54 Å². The highest BCUT2D eigenvalue weighted by Crippen LogP contribution is 2.12. The lowest BCUT2D eigenvalue weighted by atomic mass is 10.2. The van der Waals surface area contributed by atoms with Crippen molar-refractivity contribution in [1.82, 2.24) is 14.8 Å². The number of nitrogens with zero attached hydrogens (tertiary/aromatic N) is 4. The minimum absolute atomic E-state index is 0.310. The SMILES string of the molecule is CN(C)c1ccc(Cn2cnc(N)n2)cc1. The van der Waals surface area contributed by atoms with Crippen molar-refractivity contribution in [3.8, 4) is 0 Å². The molecule has 2 N–H and O–H groups in total. The molecule has 0 aliphatic carbocycles. The molecule has 0 spiro atoms. The fourth-order valence-corrected chi connectivity index (χ4v) is 1.47. The first-order chi connectivity index (χ1) is 7.65. The van der Waals surface area contributed by atoms with Crippen LogP contribution in [0.5, 0.6) is 0 Å². The van der Waals surface area contributed by atoms with Crippen LogP contribution < -0.4 is 10.6 Å². The summed E-state index contributed by atoms with van der Waals surface area (Å²) >= 11 is 0. The second-order valence-electron chi connectivity index (χ2n) is 3.86. The van der Waals surface area contributed by atoms with E-state index in [1.165, 1.54) is 11.3 Å². The molecule has 1 aromatic carbocycles. The van der Waals surface area contributed by atoms with Crippen LogP contribution in [0.3, 0.4) is 0 Å². The number of benzene rings is 1. The van der Waals surface area contributed by atoms with E-state index in [9.17, 15) is 0 Å². The number of nitrogens with two attached hydrogens (primary N) is 1. The van der Waals surface area contributed by atoms with Crippen LogP contribution >= 0.6 is 0 Å². The van der Waals surface area contributed by atoms with Gasteiger partial charge in [-0.1, -0.05) is 12.1 Å². The maximum atomic E-state index is 5.45. The second kappa shape index (κ2) is 4.22. The average molecular weight is 217 g/mol. The van der Waals surface area contributed by atoms with Gasteiger partial charge < -0.3 is 10.6 Å². The molecule has 1 aromatic heterocycles. The monoisotopic (exact) mass is 217 g/mol. The molecule has 0 unspecified atom stereocenters. The van der Waals surface area contributed by atoms with Gasteiger partial charge in [-0.2, -0.15) is 0 Å². The summed E-state index contributed by atoms with van der Waals surface area (Å²) in [6.07, 6.45) is 1.63. The minimum atomic E-state index is 0.310. The molecular weight excluding hydrogens is 202 g/mol. The molecule has 0 fully saturated rings. The number of hydrogen-bond donors (Lipinski definition) is 1. The Bertz CT molecular complexity index is 457. The van der Waals surface area contributed by atoms with Crippen LogP contribution in [-0.2, 0) is 6.54 Å². The van der Waals surface area contributed by atoms with Crippen molar-refractivity contribution in [2.24, 2.45) is 0 Å². The van der Waals surface area contributed by atoms with E-state index in [0.717, 1.165) is 0 Å². The number of anilines is 2. The van der Waals surface area contributed by atoms with E-state index >= 15 is 0 Å². The van der Waals surface area contributed by atoms with E-state index in [0.29, 0.717) is 12.5 Å². The maximum Gasteiger partial charge on any atom is 0.239 e. The average Bonchev–Trinajstić information content (AvgIpc) is 2.65. The zero-order chi connectivity index (χ0) is 11.5. The molecule has 5 nitrogen and oxygen atoms in total. The van der Waals surface area contributed by atoms with Crippen LogP contribution in [-0.4, -0.2) is 28.9 Å². The van der Waals surface area contributed by atoms with Crippen molar-refractivity contribution >= 4 is 11.6 Å². The fraction of sp³-hybridized carbons (Fsp3) is 0.273. The van der Waals surface area contributed by atoms with Crippen LogP contribution in [0.25, 0.3) is 0 Å². The first-order valence-corrected chi connectivity index (χ1v) is 5.06. The summed E-state index contributed by atoms with van der Waals surface area (Å²) in [6, 6.07) is 8.31. The Kier molecular flexibility index (Phi) is 2.76. The van der Waals surface area contributed by atoms with Crippen LogP contribution in [0.1, 0.15) is 5.56 Å². The number of hydrogen-bond acceptors (Lipinski definition) is 4. The van der Waals surface area contributed by atoms with Gasteiger partial charge in [0.25, 0.3) is 0 Å². The van der Waals surface area contributed by atoms with E-state index < -0.39 is 0 Å². The topological polar surface area (TPSA) is 60.0 Å². The molecule has 1 heterocycles. The summed E-state index contributed by atoms with van der Waals surface area (Å²) in [5, 5.41) is 4.04. The summed E-state index contributed by atoms with van der Waals surface area (Å²) < 4.78 is 1.72. The normalized spacial score (nSPS) is 10.4. The lowest BCUT2D eigenvalue weighted by Crippen LogP contribution is -2.08. The zero-order valence-electron chi connectivity index (χ0n) is 9.46. The Morgan fingerprint density at radius 2 is 1.94 bits per heavy atom. The predicted octanol–water partition coefficient (Wildman–Crippen LogP) is 0.975. The maximum absolute atomic E-state index is 5.45. The standard InChI is InChI=1S/C11H15N5/c1-15(2)10-5-3-9(4-6-10)7-16-8-13-11(12)14-16/h3-6,8H,7H2,1-2H3,(H2,12,14). The van der Waals surface area contributed by atoms with Crippen molar-refractivity contribution in [3.05, 3.63) is 36.2 Å². The van der Waals surface area contributed by atoms with Crippen LogP contribution in [0.4, 0.5) is 11.6 Å². The number of rotatable bonds is 3. The summed E-state index contributed by atoms with van der Waals surface area (Å²) in [7, 11) is 4.04. The molecular formula is C11H15N5. The van der Waals surface area contributed by atoms with E-state index in [-0.39, 0.29) is 0 Å². The van der Waals surface area contributed by atoms with E-state index in [4.69, 9.17) is 5.73 Å². The molecule has 0 saturated heterocycles.